The van der Waals surface area contributed by atoms with Crippen molar-refractivity contribution in [3.63, 3.8) is 0 Å². The highest BCUT2D eigenvalue weighted by Crippen LogP contribution is 2.17. The maximum Gasteiger partial charge on any atom is 0.236 e. The number of nitrogens with zero attached hydrogens (tertiary/aromatic N) is 2. The van der Waals surface area contributed by atoms with Crippen LogP contribution in [0, 0.1) is 0 Å². The van der Waals surface area contributed by atoms with E-state index in [1.165, 1.54) is 0 Å². The van der Waals surface area contributed by atoms with Crippen LogP contribution in [0.4, 0.5) is 0 Å². The molecule has 2 atom stereocenters. The smallest absolute Gasteiger partial charge is 0.236 e. The molecule has 2 fully saturated rings. The molecule has 0 aliphatic carbocycles. The van der Waals surface area contributed by atoms with E-state index in [1.54, 1.807) is 11.9 Å². The van der Waals surface area contributed by atoms with Gasteiger partial charge in [0.05, 0.1) is 18.1 Å². The molecule has 2 rings (SSSR count). The normalized spacial score (nSPS) is 29.8. The second kappa shape index (κ2) is 5.76. The van der Waals surface area contributed by atoms with Crippen molar-refractivity contribution in [2.45, 2.75) is 24.9 Å². The summed E-state index contributed by atoms with van der Waals surface area (Å²) in [5.41, 5.74) is 0. The molecule has 0 saturated carbocycles. The zero-order chi connectivity index (χ0) is 14.0. The molecule has 0 radical (unpaired) electrons. The van der Waals surface area contributed by atoms with E-state index in [0.717, 1.165) is 19.5 Å². The van der Waals surface area contributed by atoms with Crippen LogP contribution in [-0.2, 0) is 14.6 Å². The molecule has 0 aromatic carbocycles. The highest BCUT2D eigenvalue weighted by molar-refractivity contribution is 7.91. The molecule has 0 spiro atoms. The van der Waals surface area contributed by atoms with Crippen LogP contribution in [0.1, 0.15) is 12.8 Å². The van der Waals surface area contributed by atoms with Crippen molar-refractivity contribution in [3.05, 3.63) is 0 Å². The van der Waals surface area contributed by atoms with Gasteiger partial charge in [0, 0.05) is 25.7 Å². The lowest BCUT2D eigenvalue weighted by Crippen LogP contribution is -2.46. The molecule has 0 bridgehead atoms. The van der Waals surface area contributed by atoms with Crippen molar-refractivity contribution >= 4 is 15.7 Å². The van der Waals surface area contributed by atoms with Crippen LogP contribution in [0.15, 0.2) is 0 Å². The molecule has 0 aromatic heterocycles. The maximum atomic E-state index is 12.2. The van der Waals surface area contributed by atoms with Crippen molar-refractivity contribution in [3.8, 4) is 0 Å². The van der Waals surface area contributed by atoms with Crippen LogP contribution >= 0.6 is 0 Å². The Morgan fingerprint density at radius 1 is 1.26 bits per heavy atom. The van der Waals surface area contributed by atoms with E-state index in [4.69, 9.17) is 0 Å². The summed E-state index contributed by atoms with van der Waals surface area (Å²) in [7, 11) is 0.734. The number of hydrogen-bond donors (Lipinski definition) is 1. The van der Waals surface area contributed by atoms with Gasteiger partial charge in [-0.2, -0.15) is 0 Å². The van der Waals surface area contributed by atoms with Crippen molar-refractivity contribution in [1.29, 1.82) is 0 Å². The molecular formula is C12H23N3O3S. The van der Waals surface area contributed by atoms with Crippen molar-refractivity contribution in [1.82, 2.24) is 15.1 Å². The first-order valence-electron chi connectivity index (χ1n) is 6.76. The quantitative estimate of drug-likeness (QED) is 0.713. The Kier molecular flexibility index (Phi) is 4.47. The Morgan fingerprint density at radius 2 is 2.00 bits per heavy atom. The number of nitrogens with one attached hydrogen (secondary N) is 1. The minimum Gasteiger partial charge on any atom is -0.341 e. The van der Waals surface area contributed by atoms with Crippen LogP contribution in [0.25, 0.3) is 0 Å². The Bertz CT molecular complexity index is 432. The molecule has 2 heterocycles. The van der Waals surface area contributed by atoms with Crippen LogP contribution in [0.2, 0.25) is 0 Å². The third-order valence-corrected chi connectivity index (χ3v) is 5.94. The monoisotopic (exact) mass is 289 g/mol. The van der Waals surface area contributed by atoms with Gasteiger partial charge in [0.15, 0.2) is 9.84 Å². The molecule has 1 N–H and O–H groups in total. The minimum absolute atomic E-state index is 0.0106. The average molecular weight is 289 g/mol. The summed E-state index contributed by atoms with van der Waals surface area (Å²) in [6.45, 7) is 2.28. The molecule has 2 saturated heterocycles. The van der Waals surface area contributed by atoms with E-state index in [0.29, 0.717) is 19.0 Å². The van der Waals surface area contributed by atoms with E-state index in [2.05, 4.69) is 10.2 Å². The third-order valence-electron chi connectivity index (χ3n) is 4.19. The number of hydrogen-bond acceptors (Lipinski definition) is 5. The van der Waals surface area contributed by atoms with Crippen LogP contribution in [0.3, 0.4) is 0 Å². The molecule has 2 aliphatic rings. The standard InChI is InChI=1S/C12H23N3O3S/c1-14(10-3-5-13-7-10)8-12(16)15(2)11-4-6-19(17,18)9-11/h10-11,13H,3-9H2,1-2H3. The molecule has 1 amide bonds. The number of rotatable bonds is 4. The summed E-state index contributed by atoms with van der Waals surface area (Å²) in [5.74, 6) is 0.332. The highest BCUT2D eigenvalue weighted by Gasteiger charge is 2.33. The Labute approximate surface area is 115 Å². The Morgan fingerprint density at radius 3 is 2.53 bits per heavy atom. The van der Waals surface area contributed by atoms with Gasteiger partial charge in [-0.05, 0) is 26.4 Å². The van der Waals surface area contributed by atoms with Gasteiger partial charge >= 0.3 is 0 Å². The van der Waals surface area contributed by atoms with Gasteiger partial charge in [0.2, 0.25) is 5.91 Å². The number of carbonyl (C=O) groups excluding carboxylic acids is 1. The Hall–Kier alpha value is -0.660. The SMILES string of the molecule is CN(CC(=O)N(C)C1CCS(=O)(=O)C1)C1CCNC1. The lowest BCUT2D eigenvalue weighted by atomic mass is 10.2. The molecule has 2 aliphatic heterocycles. The lowest BCUT2D eigenvalue weighted by Gasteiger charge is -2.28. The predicted molar refractivity (Wildman–Crippen MR) is 73.7 cm³/mol. The van der Waals surface area contributed by atoms with Gasteiger partial charge in [0.1, 0.15) is 0 Å². The fourth-order valence-corrected chi connectivity index (χ4v) is 4.53. The molecular weight excluding hydrogens is 266 g/mol. The molecule has 7 heteroatoms. The second-order valence-electron chi connectivity index (χ2n) is 5.62. The number of amides is 1. The summed E-state index contributed by atoms with van der Waals surface area (Å²) in [5, 5.41) is 3.28. The summed E-state index contributed by atoms with van der Waals surface area (Å²) in [6, 6.07) is 0.261. The lowest BCUT2D eigenvalue weighted by molar-refractivity contribution is -0.132. The van der Waals surface area contributed by atoms with Crippen molar-refractivity contribution in [2.24, 2.45) is 0 Å². The van der Waals surface area contributed by atoms with Gasteiger partial charge in [0.25, 0.3) is 0 Å². The van der Waals surface area contributed by atoms with Crippen LogP contribution < -0.4 is 5.32 Å². The highest BCUT2D eigenvalue weighted by atomic mass is 32.2. The van der Waals surface area contributed by atoms with Gasteiger partial charge in [-0.3, -0.25) is 9.69 Å². The van der Waals surface area contributed by atoms with Gasteiger partial charge in [-0.25, -0.2) is 8.42 Å². The molecule has 19 heavy (non-hydrogen) atoms. The molecule has 0 aromatic rings. The van der Waals surface area contributed by atoms with E-state index in [9.17, 15) is 13.2 Å². The summed E-state index contributed by atoms with van der Waals surface area (Å²) in [4.78, 5) is 15.8. The van der Waals surface area contributed by atoms with Gasteiger partial charge in [-0.15, -0.1) is 0 Å². The number of sulfone groups is 1. The van der Waals surface area contributed by atoms with Gasteiger partial charge < -0.3 is 10.2 Å². The number of likely N-dealkylation sites (N-methyl/N-ethyl adjacent to an activating group) is 2. The van der Waals surface area contributed by atoms with E-state index >= 15 is 0 Å². The fraction of sp³-hybridized carbons (Fsp3) is 0.917. The largest absolute Gasteiger partial charge is 0.341 e. The summed E-state index contributed by atoms with van der Waals surface area (Å²) >= 11 is 0. The minimum atomic E-state index is -2.94. The van der Waals surface area contributed by atoms with Gasteiger partial charge in [-0.1, -0.05) is 0 Å². The van der Waals surface area contributed by atoms with E-state index in [-0.39, 0.29) is 23.5 Å². The van der Waals surface area contributed by atoms with Crippen molar-refractivity contribution < 1.29 is 13.2 Å². The summed E-state index contributed by atoms with van der Waals surface area (Å²) < 4.78 is 22.9. The average Bonchev–Trinajstić information content (AvgIpc) is 2.96. The molecule has 6 nitrogen and oxygen atoms in total. The summed E-state index contributed by atoms with van der Waals surface area (Å²) in [6.07, 6.45) is 1.63. The first-order valence-corrected chi connectivity index (χ1v) is 8.58. The topological polar surface area (TPSA) is 69.7 Å². The van der Waals surface area contributed by atoms with Crippen LogP contribution in [0.5, 0.6) is 0 Å². The molecule has 2 unspecified atom stereocenters. The second-order valence-corrected chi connectivity index (χ2v) is 7.85. The first kappa shape index (κ1) is 14.7. The number of carbonyl (C=O) groups is 1. The van der Waals surface area contributed by atoms with E-state index < -0.39 is 9.84 Å². The zero-order valence-electron chi connectivity index (χ0n) is 11.6. The maximum absolute atomic E-state index is 12.2. The predicted octanol–water partition coefficient (Wildman–Crippen LogP) is -1.07. The Balaban J connectivity index is 1.85. The molecule has 110 valence electrons. The van der Waals surface area contributed by atoms with E-state index in [1.807, 2.05) is 7.05 Å². The van der Waals surface area contributed by atoms with Crippen molar-refractivity contribution in [2.75, 3.05) is 45.2 Å². The van der Waals surface area contributed by atoms with Crippen LogP contribution in [-0.4, -0.2) is 81.4 Å². The fourth-order valence-electron chi connectivity index (χ4n) is 2.75. The first-order chi connectivity index (χ1) is 8.89. The third kappa shape index (κ3) is 3.67. The zero-order valence-corrected chi connectivity index (χ0v) is 12.4.